The summed E-state index contributed by atoms with van der Waals surface area (Å²) in [4.78, 5) is 0. The summed E-state index contributed by atoms with van der Waals surface area (Å²) in [6, 6.07) is 0. The summed E-state index contributed by atoms with van der Waals surface area (Å²) in [5.74, 6) is 0. The molecule has 31 heavy (non-hydrogen) atoms. The van der Waals surface area contributed by atoms with Gasteiger partial charge in [0.05, 0.1) is 18.3 Å². The van der Waals surface area contributed by atoms with Crippen LogP contribution in [0.1, 0.15) is 20.8 Å². The molecule has 0 amide bonds. The molecule has 3 aliphatic rings. The second-order valence-corrected chi connectivity index (χ2v) is 8.29. The predicted molar refractivity (Wildman–Crippen MR) is 97.0 cm³/mol. The Balaban J connectivity index is 1.78. The highest BCUT2D eigenvalue weighted by atomic mass is 16.8. The minimum atomic E-state index is -1.70. The summed E-state index contributed by atoms with van der Waals surface area (Å²) in [6.07, 6.45) is -21.2. The summed E-state index contributed by atoms with van der Waals surface area (Å²) in [5, 5.41) is 81.2. The van der Waals surface area contributed by atoms with E-state index >= 15 is 0 Å². The van der Waals surface area contributed by atoms with E-state index in [0.29, 0.717) is 0 Å². The van der Waals surface area contributed by atoms with Crippen LogP contribution in [0.4, 0.5) is 0 Å². The average molecular weight is 456 g/mol. The molecule has 0 aromatic heterocycles. The molecule has 8 N–H and O–H groups in total. The molecular formula is C18H32O13. The number of aliphatic hydroxyl groups is 8. The first kappa shape index (κ1) is 25.1. The predicted octanol–water partition coefficient (Wildman–Crippen LogP) is -4.49. The molecule has 0 aliphatic carbocycles. The monoisotopic (exact) mass is 456 g/mol. The van der Waals surface area contributed by atoms with Crippen LogP contribution in [-0.2, 0) is 23.7 Å². The van der Waals surface area contributed by atoms with E-state index in [1.54, 1.807) is 0 Å². The Morgan fingerprint density at radius 3 is 1.45 bits per heavy atom. The van der Waals surface area contributed by atoms with Crippen LogP contribution in [0, 0.1) is 0 Å². The van der Waals surface area contributed by atoms with Crippen LogP contribution >= 0.6 is 0 Å². The molecule has 0 saturated carbocycles. The van der Waals surface area contributed by atoms with E-state index in [2.05, 4.69) is 0 Å². The van der Waals surface area contributed by atoms with Crippen molar-refractivity contribution in [2.24, 2.45) is 0 Å². The Kier molecular flexibility index (Phi) is 7.91. The third kappa shape index (κ3) is 4.89. The van der Waals surface area contributed by atoms with Gasteiger partial charge in [0.15, 0.2) is 18.9 Å². The Hall–Kier alpha value is -0.520. The summed E-state index contributed by atoms with van der Waals surface area (Å²) >= 11 is 0. The highest BCUT2D eigenvalue weighted by Crippen LogP contribution is 2.32. The molecule has 0 radical (unpaired) electrons. The van der Waals surface area contributed by atoms with Crippen LogP contribution < -0.4 is 0 Å². The van der Waals surface area contributed by atoms with E-state index in [-0.39, 0.29) is 0 Å². The molecule has 3 aliphatic heterocycles. The molecule has 182 valence electrons. The summed E-state index contributed by atoms with van der Waals surface area (Å²) in [5.41, 5.74) is 0. The van der Waals surface area contributed by atoms with Crippen LogP contribution in [0.3, 0.4) is 0 Å². The van der Waals surface area contributed by atoms with Gasteiger partial charge in [-0.2, -0.15) is 0 Å². The summed E-state index contributed by atoms with van der Waals surface area (Å²) < 4.78 is 27.2. The average Bonchev–Trinajstić information content (AvgIpc) is 2.72. The zero-order valence-corrected chi connectivity index (χ0v) is 17.3. The number of rotatable bonds is 4. The van der Waals surface area contributed by atoms with E-state index in [4.69, 9.17) is 23.7 Å². The fourth-order valence-electron chi connectivity index (χ4n) is 3.86. The van der Waals surface area contributed by atoms with Crippen molar-refractivity contribution in [3.05, 3.63) is 0 Å². The molecule has 0 aromatic carbocycles. The zero-order valence-electron chi connectivity index (χ0n) is 17.3. The molecule has 3 rings (SSSR count). The molecule has 1 unspecified atom stereocenters. The van der Waals surface area contributed by atoms with Crippen molar-refractivity contribution in [2.45, 2.75) is 113 Å². The van der Waals surface area contributed by atoms with Crippen molar-refractivity contribution in [3.8, 4) is 0 Å². The Labute approximate surface area is 178 Å². The maximum Gasteiger partial charge on any atom is 0.187 e. The summed E-state index contributed by atoms with van der Waals surface area (Å²) in [6.45, 7) is 4.32. The smallest absolute Gasteiger partial charge is 0.187 e. The van der Waals surface area contributed by atoms with Gasteiger partial charge in [-0.1, -0.05) is 0 Å². The molecule has 13 nitrogen and oxygen atoms in total. The highest BCUT2D eigenvalue weighted by molar-refractivity contribution is 4.94. The largest absolute Gasteiger partial charge is 0.388 e. The van der Waals surface area contributed by atoms with Crippen LogP contribution in [0.15, 0.2) is 0 Å². The first-order chi connectivity index (χ1) is 14.4. The molecule has 13 heteroatoms. The SMILES string of the molecule is C[C@@H]1O[C@@H](O[C@H]2[C@H](O[C@H]3C(O)O[C@@H](C)[C@H](O)[C@H]3O)O[C@@H](C)[C@H](O)[C@H]2O)[C@H](O)[C@H](O)[C@H]1O. The second-order valence-electron chi connectivity index (χ2n) is 8.29. The molecular weight excluding hydrogens is 424 g/mol. The highest BCUT2D eigenvalue weighted by Gasteiger charge is 2.52. The van der Waals surface area contributed by atoms with Gasteiger partial charge >= 0.3 is 0 Å². The third-order valence-electron chi connectivity index (χ3n) is 5.98. The van der Waals surface area contributed by atoms with Crippen molar-refractivity contribution >= 4 is 0 Å². The number of hydrogen-bond acceptors (Lipinski definition) is 13. The Morgan fingerprint density at radius 1 is 0.452 bits per heavy atom. The van der Waals surface area contributed by atoms with Gasteiger partial charge in [0.1, 0.15) is 54.9 Å². The Morgan fingerprint density at radius 2 is 0.871 bits per heavy atom. The quantitative estimate of drug-likeness (QED) is 0.201. The minimum absolute atomic E-state index is 0.879. The molecule has 3 heterocycles. The van der Waals surface area contributed by atoms with E-state index < -0.39 is 92.1 Å². The van der Waals surface area contributed by atoms with Gasteiger partial charge in [0.2, 0.25) is 0 Å². The molecule has 15 atom stereocenters. The molecule has 3 fully saturated rings. The standard InChI is InChI=1S/C18H32O13/c1-4-8(20)11(23)14(16(26)27-4)30-18-15(12(24)9(21)6(3)29-18)31-17-13(25)10(22)7(19)5(2)28-17/h4-26H,1-3H3/t4-,5-,6-,7-,8-,9-,10+,11+,12+,13+,14+,15+,16?,17-,18-/m0/s1. The van der Waals surface area contributed by atoms with Crippen molar-refractivity contribution in [1.29, 1.82) is 0 Å². The Bertz CT molecular complexity index is 595. The van der Waals surface area contributed by atoms with Crippen molar-refractivity contribution in [2.75, 3.05) is 0 Å². The maximum absolute atomic E-state index is 10.5. The van der Waals surface area contributed by atoms with Gasteiger partial charge in [0.25, 0.3) is 0 Å². The maximum atomic E-state index is 10.5. The van der Waals surface area contributed by atoms with Crippen LogP contribution in [-0.4, -0.2) is 133 Å². The lowest BCUT2D eigenvalue weighted by Crippen LogP contribution is -2.65. The lowest BCUT2D eigenvalue weighted by atomic mass is 9.97. The number of ether oxygens (including phenoxy) is 5. The van der Waals surface area contributed by atoms with Gasteiger partial charge < -0.3 is 64.5 Å². The van der Waals surface area contributed by atoms with Gasteiger partial charge in [-0.3, -0.25) is 0 Å². The first-order valence-corrected chi connectivity index (χ1v) is 10.2. The zero-order chi connectivity index (χ0) is 23.2. The van der Waals surface area contributed by atoms with Gasteiger partial charge in [-0.05, 0) is 20.8 Å². The topological polar surface area (TPSA) is 208 Å². The van der Waals surface area contributed by atoms with E-state index in [9.17, 15) is 40.9 Å². The first-order valence-electron chi connectivity index (χ1n) is 10.2. The van der Waals surface area contributed by atoms with Gasteiger partial charge in [0, 0.05) is 0 Å². The van der Waals surface area contributed by atoms with E-state index in [0.717, 1.165) is 0 Å². The lowest BCUT2D eigenvalue weighted by molar-refractivity contribution is -0.386. The van der Waals surface area contributed by atoms with Crippen molar-refractivity contribution < 1.29 is 64.5 Å². The van der Waals surface area contributed by atoms with Crippen LogP contribution in [0.25, 0.3) is 0 Å². The van der Waals surface area contributed by atoms with Crippen molar-refractivity contribution in [1.82, 2.24) is 0 Å². The van der Waals surface area contributed by atoms with Crippen molar-refractivity contribution in [3.63, 3.8) is 0 Å². The number of hydrogen-bond donors (Lipinski definition) is 8. The molecule has 3 saturated heterocycles. The normalized spacial score (nSPS) is 56.4. The minimum Gasteiger partial charge on any atom is -0.388 e. The van der Waals surface area contributed by atoms with E-state index in [1.165, 1.54) is 20.8 Å². The van der Waals surface area contributed by atoms with Gasteiger partial charge in [-0.25, -0.2) is 0 Å². The number of aliphatic hydroxyl groups excluding tert-OH is 8. The molecule has 0 bridgehead atoms. The lowest BCUT2D eigenvalue weighted by Gasteiger charge is -2.47. The van der Waals surface area contributed by atoms with Crippen LogP contribution in [0.2, 0.25) is 0 Å². The van der Waals surface area contributed by atoms with E-state index in [1.807, 2.05) is 0 Å². The fourth-order valence-corrected chi connectivity index (χ4v) is 3.86. The summed E-state index contributed by atoms with van der Waals surface area (Å²) in [7, 11) is 0. The third-order valence-corrected chi connectivity index (χ3v) is 5.98. The second kappa shape index (κ2) is 9.77. The van der Waals surface area contributed by atoms with Gasteiger partial charge in [-0.15, -0.1) is 0 Å². The fraction of sp³-hybridized carbons (Fsp3) is 1.00. The van der Waals surface area contributed by atoms with Crippen LogP contribution in [0.5, 0.6) is 0 Å². The molecule has 0 spiro atoms. The molecule has 0 aromatic rings.